The molecule has 0 radical (unpaired) electrons. The molecule has 1 heterocycles. The summed E-state index contributed by atoms with van der Waals surface area (Å²) in [6.07, 6.45) is 2.37. The molecule has 0 aliphatic heterocycles. The van der Waals surface area contributed by atoms with Crippen molar-refractivity contribution in [1.82, 2.24) is 20.6 Å². The maximum absolute atomic E-state index is 13.6. The Morgan fingerprint density at radius 1 is 1.11 bits per heavy atom. The van der Waals surface area contributed by atoms with Gasteiger partial charge in [0.1, 0.15) is 0 Å². The molecule has 0 aliphatic rings. The summed E-state index contributed by atoms with van der Waals surface area (Å²) < 4.78 is 20.5. The lowest BCUT2D eigenvalue weighted by molar-refractivity contribution is -0.132. The number of rotatable bonds is 6. The number of para-hydroxylation sites is 2. The van der Waals surface area contributed by atoms with Gasteiger partial charge in [0, 0.05) is 6.20 Å². The van der Waals surface area contributed by atoms with Crippen molar-refractivity contribution in [3.05, 3.63) is 78.4 Å². The average Bonchev–Trinajstić information content (AvgIpc) is 3.17. The Hall–Kier alpha value is -3.68. The molecule has 8 heteroatoms. The highest BCUT2D eigenvalue weighted by Crippen LogP contribution is 2.16. The molecule has 28 heavy (non-hydrogen) atoms. The number of benzene rings is 2. The molecule has 144 valence electrons. The van der Waals surface area contributed by atoms with Crippen LogP contribution in [0.4, 0.5) is 4.39 Å². The van der Waals surface area contributed by atoms with Crippen molar-refractivity contribution in [2.24, 2.45) is 0 Å². The molecule has 3 aromatic rings. The van der Waals surface area contributed by atoms with Gasteiger partial charge >= 0.3 is 0 Å². The van der Waals surface area contributed by atoms with Crippen molar-refractivity contribution in [3.8, 4) is 11.4 Å². The SMILES string of the molecule is C[C@@H](Oc1ccccc1F)C(=O)NNC(=O)Cc1cnn(-c2ccccc2)c1. The van der Waals surface area contributed by atoms with E-state index in [2.05, 4.69) is 16.0 Å². The fraction of sp³-hybridized carbons (Fsp3) is 0.150. The minimum atomic E-state index is -0.988. The van der Waals surface area contributed by atoms with Gasteiger partial charge in [0.2, 0.25) is 5.91 Å². The summed E-state index contributed by atoms with van der Waals surface area (Å²) in [6.45, 7) is 1.46. The summed E-state index contributed by atoms with van der Waals surface area (Å²) in [5, 5.41) is 4.21. The Bertz CT molecular complexity index is 959. The van der Waals surface area contributed by atoms with Gasteiger partial charge in [-0.25, -0.2) is 9.07 Å². The van der Waals surface area contributed by atoms with Crippen LogP contribution in [0.25, 0.3) is 5.69 Å². The highest BCUT2D eigenvalue weighted by Gasteiger charge is 2.17. The van der Waals surface area contributed by atoms with E-state index in [1.807, 2.05) is 30.3 Å². The molecule has 2 aromatic carbocycles. The number of aromatic nitrogens is 2. The van der Waals surface area contributed by atoms with Gasteiger partial charge < -0.3 is 4.74 Å². The van der Waals surface area contributed by atoms with Crippen LogP contribution in [0.3, 0.4) is 0 Å². The third kappa shape index (κ3) is 4.94. The molecule has 0 spiro atoms. The summed E-state index contributed by atoms with van der Waals surface area (Å²) in [4.78, 5) is 24.0. The van der Waals surface area contributed by atoms with Gasteiger partial charge in [-0.05, 0) is 36.8 Å². The average molecular weight is 382 g/mol. The van der Waals surface area contributed by atoms with Crippen molar-refractivity contribution in [2.45, 2.75) is 19.4 Å². The van der Waals surface area contributed by atoms with Gasteiger partial charge in [0.25, 0.3) is 5.91 Å². The zero-order valence-electron chi connectivity index (χ0n) is 15.1. The van der Waals surface area contributed by atoms with E-state index in [-0.39, 0.29) is 12.2 Å². The zero-order valence-corrected chi connectivity index (χ0v) is 15.1. The van der Waals surface area contributed by atoms with Crippen LogP contribution in [0.15, 0.2) is 67.0 Å². The van der Waals surface area contributed by atoms with E-state index in [0.717, 1.165) is 5.69 Å². The standard InChI is InChI=1S/C20H19FN4O3/c1-14(28-18-10-6-5-9-17(18)21)20(27)24-23-19(26)11-15-12-22-25(13-15)16-7-3-2-4-8-16/h2-10,12-14H,11H2,1H3,(H,23,26)(H,24,27)/t14-/m1/s1. The molecule has 7 nitrogen and oxygen atoms in total. The number of nitrogens with one attached hydrogen (secondary N) is 2. The Balaban J connectivity index is 1.48. The Morgan fingerprint density at radius 3 is 2.57 bits per heavy atom. The Morgan fingerprint density at radius 2 is 1.82 bits per heavy atom. The first-order valence-corrected chi connectivity index (χ1v) is 8.62. The lowest BCUT2D eigenvalue weighted by Gasteiger charge is -2.15. The van der Waals surface area contributed by atoms with Crippen molar-refractivity contribution < 1.29 is 18.7 Å². The predicted molar refractivity (Wildman–Crippen MR) is 100 cm³/mol. The quantitative estimate of drug-likeness (QED) is 0.640. The summed E-state index contributed by atoms with van der Waals surface area (Å²) >= 11 is 0. The maximum Gasteiger partial charge on any atom is 0.279 e. The van der Waals surface area contributed by atoms with Crippen molar-refractivity contribution >= 4 is 11.8 Å². The number of hydrazine groups is 1. The monoisotopic (exact) mass is 382 g/mol. The molecule has 1 aromatic heterocycles. The highest BCUT2D eigenvalue weighted by atomic mass is 19.1. The van der Waals surface area contributed by atoms with Crippen LogP contribution in [0.2, 0.25) is 0 Å². The number of nitrogens with zero attached hydrogens (tertiary/aromatic N) is 2. The Labute approximate surface area is 161 Å². The van der Waals surface area contributed by atoms with E-state index in [9.17, 15) is 14.0 Å². The van der Waals surface area contributed by atoms with Crippen LogP contribution < -0.4 is 15.6 Å². The first-order chi connectivity index (χ1) is 13.5. The van der Waals surface area contributed by atoms with E-state index in [4.69, 9.17) is 4.74 Å². The normalized spacial score (nSPS) is 11.5. The van der Waals surface area contributed by atoms with Crippen LogP contribution in [0, 0.1) is 5.82 Å². The summed E-state index contributed by atoms with van der Waals surface area (Å²) in [7, 11) is 0. The van der Waals surface area contributed by atoms with Crippen LogP contribution in [-0.2, 0) is 16.0 Å². The second-order valence-electron chi connectivity index (χ2n) is 6.03. The summed E-state index contributed by atoms with van der Waals surface area (Å²) in [6, 6.07) is 15.3. The van der Waals surface area contributed by atoms with Gasteiger partial charge in [-0.2, -0.15) is 5.10 Å². The maximum atomic E-state index is 13.6. The second-order valence-corrected chi connectivity index (χ2v) is 6.03. The fourth-order valence-electron chi connectivity index (χ4n) is 2.42. The van der Waals surface area contributed by atoms with Crippen LogP contribution in [0.1, 0.15) is 12.5 Å². The van der Waals surface area contributed by atoms with Gasteiger partial charge in [-0.15, -0.1) is 0 Å². The van der Waals surface area contributed by atoms with Crippen LogP contribution >= 0.6 is 0 Å². The highest BCUT2D eigenvalue weighted by molar-refractivity contribution is 5.85. The molecular weight excluding hydrogens is 363 g/mol. The first-order valence-electron chi connectivity index (χ1n) is 8.62. The molecular formula is C20H19FN4O3. The van der Waals surface area contributed by atoms with E-state index in [0.29, 0.717) is 5.56 Å². The van der Waals surface area contributed by atoms with Gasteiger partial charge in [0.05, 0.1) is 18.3 Å². The van der Waals surface area contributed by atoms with Crippen molar-refractivity contribution in [1.29, 1.82) is 0 Å². The molecule has 1 atom stereocenters. The molecule has 2 N–H and O–H groups in total. The number of hydrogen-bond acceptors (Lipinski definition) is 4. The minimum Gasteiger partial charge on any atom is -0.478 e. The van der Waals surface area contributed by atoms with Gasteiger partial charge in [-0.1, -0.05) is 30.3 Å². The summed E-state index contributed by atoms with van der Waals surface area (Å²) in [5.74, 6) is -1.62. The van der Waals surface area contributed by atoms with Gasteiger partial charge in [0.15, 0.2) is 17.7 Å². The topological polar surface area (TPSA) is 85.2 Å². The molecule has 0 fully saturated rings. The molecule has 3 rings (SSSR count). The number of carbonyl (C=O) groups excluding carboxylic acids is 2. The molecule has 0 saturated heterocycles. The van der Waals surface area contributed by atoms with Crippen LogP contribution in [0.5, 0.6) is 5.75 Å². The predicted octanol–water partition coefficient (Wildman–Crippen LogP) is 2.17. The van der Waals surface area contributed by atoms with E-state index in [1.165, 1.54) is 25.1 Å². The first kappa shape index (κ1) is 19.1. The molecule has 0 saturated carbocycles. The lowest BCUT2D eigenvalue weighted by Crippen LogP contribution is -2.47. The van der Waals surface area contributed by atoms with Crippen molar-refractivity contribution in [2.75, 3.05) is 0 Å². The van der Waals surface area contributed by atoms with E-state index >= 15 is 0 Å². The number of ether oxygens (including phenoxy) is 1. The van der Waals surface area contributed by atoms with Crippen LogP contribution in [-0.4, -0.2) is 27.7 Å². The molecule has 0 unspecified atom stereocenters. The van der Waals surface area contributed by atoms with E-state index < -0.39 is 23.7 Å². The third-order valence-corrected chi connectivity index (χ3v) is 3.86. The smallest absolute Gasteiger partial charge is 0.279 e. The second kappa shape index (κ2) is 8.81. The molecule has 0 aliphatic carbocycles. The lowest BCUT2D eigenvalue weighted by atomic mass is 10.2. The fourth-order valence-corrected chi connectivity index (χ4v) is 2.42. The molecule has 0 bridgehead atoms. The third-order valence-electron chi connectivity index (χ3n) is 3.86. The largest absolute Gasteiger partial charge is 0.478 e. The number of halogens is 1. The molecule has 2 amide bonds. The van der Waals surface area contributed by atoms with Gasteiger partial charge in [-0.3, -0.25) is 20.4 Å². The summed E-state index contributed by atoms with van der Waals surface area (Å²) in [5.41, 5.74) is 6.14. The van der Waals surface area contributed by atoms with E-state index in [1.54, 1.807) is 23.1 Å². The zero-order chi connectivity index (χ0) is 19.9. The number of carbonyl (C=O) groups is 2. The number of hydrogen-bond donors (Lipinski definition) is 2. The van der Waals surface area contributed by atoms with Crippen molar-refractivity contribution in [3.63, 3.8) is 0 Å². The minimum absolute atomic E-state index is 0.0372. The number of amides is 2. The Kier molecular flexibility index (Phi) is 6.01.